The average Bonchev–Trinajstić information content (AvgIpc) is 2.98. The van der Waals surface area contributed by atoms with E-state index < -0.39 is 0 Å². The Hall–Kier alpha value is -1.72. The number of methoxy groups -OCH3 is 1. The largest absolute Gasteiger partial charge is 0.469 e. The van der Waals surface area contributed by atoms with Crippen LogP contribution in [0, 0.1) is 5.82 Å². The highest BCUT2D eigenvalue weighted by atomic mass is 32.1. The van der Waals surface area contributed by atoms with Gasteiger partial charge in [0.1, 0.15) is 5.82 Å². The summed E-state index contributed by atoms with van der Waals surface area (Å²) in [5, 5.41) is 5.16. The molecule has 0 fully saturated rings. The second-order valence-corrected chi connectivity index (χ2v) is 5.30. The van der Waals surface area contributed by atoms with Gasteiger partial charge in [-0.05, 0) is 17.5 Å². The van der Waals surface area contributed by atoms with E-state index in [2.05, 4.69) is 5.32 Å². The number of esters is 1. The molecular formula is C15H16FNO2S. The SMILES string of the molecule is COC(=O)CC(NCc1ccccc1F)c1cccs1. The summed E-state index contributed by atoms with van der Waals surface area (Å²) < 4.78 is 18.3. The number of thiophene rings is 1. The molecule has 5 heteroatoms. The summed E-state index contributed by atoms with van der Waals surface area (Å²) in [6.45, 7) is 0.367. The monoisotopic (exact) mass is 293 g/mol. The number of carbonyl (C=O) groups excluding carboxylic acids is 1. The second-order valence-electron chi connectivity index (χ2n) is 4.32. The Balaban J connectivity index is 2.05. The smallest absolute Gasteiger partial charge is 0.307 e. The molecular weight excluding hydrogens is 277 g/mol. The van der Waals surface area contributed by atoms with Crippen LogP contribution in [0.3, 0.4) is 0 Å². The third-order valence-corrected chi connectivity index (χ3v) is 3.97. The summed E-state index contributed by atoms with van der Waals surface area (Å²) in [7, 11) is 1.37. The summed E-state index contributed by atoms with van der Waals surface area (Å²) in [6, 6.07) is 10.3. The molecule has 0 bridgehead atoms. The molecule has 0 radical (unpaired) electrons. The van der Waals surface area contributed by atoms with Crippen molar-refractivity contribution in [3.63, 3.8) is 0 Å². The van der Waals surface area contributed by atoms with E-state index in [0.717, 1.165) is 4.88 Å². The first-order valence-electron chi connectivity index (χ1n) is 6.27. The van der Waals surface area contributed by atoms with Crippen molar-refractivity contribution in [2.75, 3.05) is 7.11 Å². The molecule has 1 N–H and O–H groups in total. The zero-order valence-corrected chi connectivity index (χ0v) is 12.0. The van der Waals surface area contributed by atoms with Crippen molar-refractivity contribution in [3.8, 4) is 0 Å². The van der Waals surface area contributed by atoms with Gasteiger partial charge in [-0.15, -0.1) is 11.3 Å². The van der Waals surface area contributed by atoms with Crippen LogP contribution in [0.4, 0.5) is 4.39 Å². The fourth-order valence-corrected chi connectivity index (χ4v) is 2.69. The lowest BCUT2D eigenvalue weighted by Gasteiger charge is -2.16. The summed E-state index contributed by atoms with van der Waals surface area (Å²) in [6.07, 6.45) is 0.228. The second kappa shape index (κ2) is 7.17. The molecule has 20 heavy (non-hydrogen) atoms. The number of hydrogen-bond acceptors (Lipinski definition) is 4. The van der Waals surface area contributed by atoms with E-state index in [1.807, 2.05) is 17.5 Å². The van der Waals surface area contributed by atoms with Gasteiger partial charge in [0, 0.05) is 17.0 Å². The van der Waals surface area contributed by atoms with Crippen molar-refractivity contribution in [2.45, 2.75) is 19.0 Å². The van der Waals surface area contributed by atoms with Crippen molar-refractivity contribution in [2.24, 2.45) is 0 Å². The molecule has 3 nitrogen and oxygen atoms in total. The van der Waals surface area contributed by atoms with Gasteiger partial charge in [-0.1, -0.05) is 24.3 Å². The first-order valence-corrected chi connectivity index (χ1v) is 7.15. The number of rotatable bonds is 6. The molecule has 0 aliphatic rings. The van der Waals surface area contributed by atoms with Gasteiger partial charge in [0.25, 0.3) is 0 Å². The van der Waals surface area contributed by atoms with Crippen LogP contribution in [0.25, 0.3) is 0 Å². The molecule has 0 saturated carbocycles. The molecule has 2 aromatic rings. The van der Waals surface area contributed by atoms with Crippen LogP contribution in [0.5, 0.6) is 0 Å². The third-order valence-electron chi connectivity index (χ3n) is 2.98. The van der Waals surface area contributed by atoms with Crippen LogP contribution in [-0.4, -0.2) is 13.1 Å². The lowest BCUT2D eigenvalue weighted by atomic mass is 10.1. The van der Waals surface area contributed by atoms with Gasteiger partial charge >= 0.3 is 5.97 Å². The van der Waals surface area contributed by atoms with Gasteiger partial charge in [0.15, 0.2) is 0 Å². The van der Waals surface area contributed by atoms with E-state index in [4.69, 9.17) is 4.74 Å². The molecule has 1 aromatic heterocycles. The molecule has 0 aliphatic heterocycles. The van der Waals surface area contributed by atoms with Crippen molar-refractivity contribution in [3.05, 3.63) is 58.0 Å². The first-order chi connectivity index (χ1) is 9.70. The van der Waals surface area contributed by atoms with Crippen LogP contribution in [-0.2, 0) is 16.1 Å². The number of hydrogen-bond donors (Lipinski definition) is 1. The lowest BCUT2D eigenvalue weighted by Crippen LogP contribution is -2.23. The molecule has 106 valence electrons. The van der Waals surface area contributed by atoms with E-state index in [-0.39, 0.29) is 24.2 Å². The fraction of sp³-hybridized carbons (Fsp3) is 0.267. The topological polar surface area (TPSA) is 38.3 Å². The highest BCUT2D eigenvalue weighted by molar-refractivity contribution is 7.10. The minimum absolute atomic E-state index is 0.165. The molecule has 1 atom stereocenters. The number of halogens is 1. The minimum atomic E-state index is -0.288. The third kappa shape index (κ3) is 3.88. The van der Waals surface area contributed by atoms with Crippen molar-refractivity contribution in [1.82, 2.24) is 5.32 Å². The standard InChI is InChI=1S/C15H16FNO2S/c1-19-15(18)9-13(14-7-4-8-20-14)17-10-11-5-2-3-6-12(11)16/h2-8,13,17H,9-10H2,1H3. The van der Waals surface area contributed by atoms with Crippen LogP contribution in [0.15, 0.2) is 41.8 Å². The molecule has 1 aromatic carbocycles. The molecule has 0 amide bonds. The van der Waals surface area contributed by atoms with Crippen LogP contribution in [0.2, 0.25) is 0 Å². The Morgan fingerprint density at radius 1 is 1.35 bits per heavy atom. The first kappa shape index (κ1) is 14.7. The molecule has 1 heterocycles. The fourth-order valence-electron chi connectivity index (χ4n) is 1.89. The summed E-state index contributed by atoms with van der Waals surface area (Å²) >= 11 is 1.56. The lowest BCUT2D eigenvalue weighted by molar-refractivity contribution is -0.141. The summed E-state index contributed by atoms with van der Waals surface area (Å²) in [4.78, 5) is 12.5. The maximum Gasteiger partial charge on any atom is 0.307 e. The van der Waals surface area contributed by atoms with Crippen molar-refractivity contribution >= 4 is 17.3 Å². The minimum Gasteiger partial charge on any atom is -0.469 e. The Labute approximate surface area is 121 Å². The summed E-state index contributed by atoms with van der Waals surface area (Å²) in [5.41, 5.74) is 0.582. The highest BCUT2D eigenvalue weighted by Crippen LogP contribution is 2.23. The Morgan fingerprint density at radius 3 is 2.80 bits per heavy atom. The average molecular weight is 293 g/mol. The number of benzene rings is 1. The van der Waals surface area contributed by atoms with E-state index >= 15 is 0 Å². The maximum atomic E-state index is 13.6. The van der Waals surface area contributed by atoms with Gasteiger partial charge in [-0.25, -0.2) is 4.39 Å². The predicted molar refractivity (Wildman–Crippen MR) is 76.9 cm³/mol. The predicted octanol–water partition coefficient (Wildman–Crippen LogP) is 3.28. The molecule has 0 spiro atoms. The summed E-state index contributed by atoms with van der Waals surface area (Å²) in [5.74, 6) is -0.535. The van der Waals surface area contributed by atoms with Gasteiger partial charge in [-0.3, -0.25) is 4.79 Å². The van der Waals surface area contributed by atoms with E-state index in [0.29, 0.717) is 12.1 Å². The van der Waals surface area contributed by atoms with Crippen LogP contribution >= 0.6 is 11.3 Å². The maximum absolute atomic E-state index is 13.6. The number of ether oxygens (including phenoxy) is 1. The molecule has 0 saturated heterocycles. The zero-order chi connectivity index (χ0) is 14.4. The molecule has 1 unspecified atom stereocenters. The van der Waals surface area contributed by atoms with Crippen molar-refractivity contribution < 1.29 is 13.9 Å². The van der Waals surface area contributed by atoms with Gasteiger partial charge in [0.05, 0.1) is 19.6 Å². The van der Waals surface area contributed by atoms with Gasteiger partial charge in [0.2, 0.25) is 0 Å². The number of nitrogens with one attached hydrogen (secondary N) is 1. The molecule has 2 rings (SSSR count). The molecule has 0 aliphatic carbocycles. The van der Waals surface area contributed by atoms with Gasteiger partial charge < -0.3 is 10.1 Å². The zero-order valence-electron chi connectivity index (χ0n) is 11.1. The highest BCUT2D eigenvalue weighted by Gasteiger charge is 2.17. The van der Waals surface area contributed by atoms with E-state index in [1.165, 1.54) is 13.2 Å². The van der Waals surface area contributed by atoms with Crippen LogP contribution in [0.1, 0.15) is 22.9 Å². The van der Waals surface area contributed by atoms with Gasteiger partial charge in [-0.2, -0.15) is 0 Å². The Morgan fingerprint density at radius 2 is 2.15 bits per heavy atom. The number of carbonyl (C=O) groups is 1. The van der Waals surface area contributed by atoms with Crippen molar-refractivity contribution in [1.29, 1.82) is 0 Å². The quantitative estimate of drug-likeness (QED) is 0.831. The van der Waals surface area contributed by atoms with E-state index in [9.17, 15) is 9.18 Å². The van der Waals surface area contributed by atoms with E-state index in [1.54, 1.807) is 29.5 Å². The Kier molecular flexibility index (Phi) is 5.26. The van der Waals surface area contributed by atoms with Crippen LogP contribution < -0.4 is 5.32 Å². The normalized spacial score (nSPS) is 12.1. The Bertz CT molecular complexity index is 557.